The standard InChI is InChI=1S/C12H17N3O3/c1-17-9-2-3-10(13)11(6-9)15-12(16)14-8-4-5-18-7-8/h2-3,6,8H,4-5,7,13H2,1H3,(H2,14,15,16). The van der Waals surface area contributed by atoms with Crippen molar-refractivity contribution in [1.82, 2.24) is 5.32 Å². The summed E-state index contributed by atoms with van der Waals surface area (Å²) in [5.41, 5.74) is 6.81. The van der Waals surface area contributed by atoms with Crippen molar-refractivity contribution < 1.29 is 14.3 Å². The summed E-state index contributed by atoms with van der Waals surface area (Å²) in [6.45, 7) is 1.24. The molecule has 2 rings (SSSR count). The Hall–Kier alpha value is -1.95. The summed E-state index contributed by atoms with van der Waals surface area (Å²) >= 11 is 0. The molecular formula is C12H17N3O3. The van der Waals surface area contributed by atoms with Crippen LogP contribution in [-0.2, 0) is 4.74 Å². The first kappa shape index (κ1) is 12.5. The number of hydrogen-bond acceptors (Lipinski definition) is 4. The van der Waals surface area contributed by atoms with Gasteiger partial charge in [0.1, 0.15) is 5.75 Å². The zero-order valence-corrected chi connectivity index (χ0v) is 10.2. The van der Waals surface area contributed by atoms with Crippen molar-refractivity contribution >= 4 is 17.4 Å². The molecule has 1 unspecified atom stereocenters. The van der Waals surface area contributed by atoms with E-state index in [0.29, 0.717) is 30.3 Å². The second-order valence-corrected chi connectivity index (χ2v) is 4.11. The number of anilines is 2. The summed E-state index contributed by atoms with van der Waals surface area (Å²) in [6, 6.07) is 4.89. The number of methoxy groups -OCH3 is 1. The largest absolute Gasteiger partial charge is 0.497 e. The zero-order chi connectivity index (χ0) is 13.0. The molecule has 6 heteroatoms. The van der Waals surface area contributed by atoms with Gasteiger partial charge in [0.2, 0.25) is 0 Å². The molecule has 1 aliphatic heterocycles. The fourth-order valence-corrected chi connectivity index (χ4v) is 1.76. The van der Waals surface area contributed by atoms with Crippen LogP contribution in [0.4, 0.5) is 16.2 Å². The highest BCUT2D eigenvalue weighted by Crippen LogP contribution is 2.24. The van der Waals surface area contributed by atoms with Gasteiger partial charge in [0.05, 0.1) is 31.1 Å². The highest BCUT2D eigenvalue weighted by molar-refractivity contribution is 5.93. The third-order valence-corrected chi connectivity index (χ3v) is 2.77. The minimum atomic E-state index is -0.287. The molecule has 1 fully saturated rings. The van der Waals surface area contributed by atoms with Gasteiger partial charge in [-0.1, -0.05) is 0 Å². The molecule has 1 atom stereocenters. The number of nitrogens with one attached hydrogen (secondary N) is 2. The number of benzene rings is 1. The molecule has 1 aliphatic rings. The molecule has 0 aliphatic carbocycles. The fraction of sp³-hybridized carbons (Fsp3) is 0.417. The quantitative estimate of drug-likeness (QED) is 0.704. The second-order valence-electron chi connectivity index (χ2n) is 4.11. The van der Waals surface area contributed by atoms with Crippen LogP contribution in [0.25, 0.3) is 0 Å². The van der Waals surface area contributed by atoms with Gasteiger partial charge in [-0.3, -0.25) is 0 Å². The summed E-state index contributed by atoms with van der Waals surface area (Å²) in [4.78, 5) is 11.7. The van der Waals surface area contributed by atoms with Gasteiger partial charge >= 0.3 is 6.03 Å². The Morgan fingerprint density at radius 2 is 2.39 bits per heavy atom. The van der Waals surface area contributed by atoms with Crippen molar-refractivity contribution in [2.24, 2.45) is 0 Å². The lowest BCUT2D eigenvalue weighted by Gasteiger charge is -2.13. The van der Waals surface area contributed by atoms with Crippen LogP contribution in [0.5, 0.6) is 5.75 Å². The number of hydrogen-bond donors (Lipinski definition) is 3. The molecule has 18 heavy (non-hydrogen) atoms. The van der Waals surface area contributed by atoms with E-state index in [1.165, 1.54) is 0 Å². The summed E-state index contributed by atoms with van der Waals surface area (Å²) < 4.78 is 10.3. The predicted molar refractivity (Wildman–Crippen MR) is 68.8 cm³/mol. The van der Waals surface area contributed by atoms with Crippen molar-refractivity contribution in [3.05, 3.63) is 18.2 Å². The second kappa shape index (κ2) is 5.59. The van der Waals surface area contributed by atoms with Gasteiger partial charge in [0, 0.05) is 12.7 Å². The van der Waals surface area contributed by atoms with Crippen LogP contribution in [-0.4, -0.2) is 32.4 Å². The van der Waals surface area contributed by atoms with Crippen LogP contribution in [0.2, 0.25) is 0 Å². The lowest BCUT2D eigenvalue weighted by molar-refractivity contribution is 0.189. The molecule has 0 spiro atoms. The van der Waals surface area contributed by atoms with Crippen LogP contribution in [0, 0.1) is 0 Å². The van der Waals surface area contributed by atoms with Crippen LogP contribution >= 0.6 is 0 Å². The number of nitrogens with two attached hydrogens (primary N) is 1. The van der Waals surface area contributed by atoms with Gasteiger partial charge in [0.25, 0.3) is 0 Å². The first-order valence-electron chi connectivity index (χ1n) is 5.78. The smallest absolute Gasteiger partial charge is 0.319 e. The minimum Gasteiger partial charge on any atom is -0.497 e. The molecular weight excluding hydrogens is 234 g/mol. The zero-order valence-electron chi connectivity index (χ0n) is 10.2. The Morgan fingerprint density at radius 1 is 1.56 bits per heavy atom. The van der Waals surface area contributed by atoms with Crippen LogP contribution in [0.3, 0.4) is 0 Å². The Morgan fingerprint density at radius 3 is 3.06 bits per heavy atom. The molecule has 0 radical (unpaired) electrons. The van der Waals surface area contributed by atoms with Crippen LogP contribution in [0.15, 0.2) is 18.2 Å². The maximum atomic E-state index is 11.7. The van der Waals surface area contributed by atoms with Crippen molar-refractivity contribution in [2.75, 3.05) is 31.4 Å². The molecule has 4 N–H and O–H groups in total. The maximum absolute atomic E-state index is 11.7. The lowest BCUT2D eigenvalue weighted by atomic mass is 10.2. The summed E-state index contributed by atoms with van der Waals surface area (Å²) in [7, 11) is 1.56. The predicted octanol–water partition coefficient (Wildman–Crippen LogP) is 1.19. The summed E-state index contributed by atoms with van der Waals surface area (Å²) in [5, 5.41) is 5.52. The average molecular weight is 251 g/mol. The third-order valence-electron chi connectivity index (χ3n) is 2.77. The number of urea groups is 1. The molecule has 98 valence electrons. The Bertz CT molecular complexity index is 431. The van der Waals surface area contributed by atoms with Crippen molar-refractivity contribution in [3.63, 3.8) is 0 Å². The first-order chi connectivity index (χ1) is 8.69. The van der Waals surface area contributed by atoms with E-state index in [2.05, 4.69) is 10.6 Å². The minimum absolute atomic E-state index is 0.0665. The Kier molecular flexibility index (Phi) is 3.88. The molecule has 1 aromatic carbocycles. The van der Waals surface area contributed by atoms with Crippen molar-refractivity contribution in [2.45, 2.75) is 12.5 Å². The molecule has 0 saturated carbocycles. The Balaban J connectivity index is 1.97. The topological polar surface area (TPSA) is 85.6 Å². The number of carbonyl (C=O) groups is 1. The molecule has 1 heterocycles. The lowest BCUT2D eigenvalue weighted by Crippen LogP contribution is -2.38. The highest BCUT2D eigenvalue weighted by atomic mass is 16.5. The number of rotatable bonds is 3. The molecule has 1 aromatic rings. The van der Waals surface area contributed by atoms with Gasteiger partial charge in [-0.2, -0.15) is 0 Å². The van der Waals surface area contributed by atoms with E-state index in [-0.39, 0.29) is 12.1 Å². The van der Waals surface area contributed by atoms with Gasteiger partial charge in [-0.25, -0.2) is 4.79 Å². The van der Waals surface area contributed by atoms with Gasteiger partial charge in [0.15, 0.2) is 0 Å². The van der Waals surface area contributed by atoms with Gasteiger partial charge in [-0.15, -0.1) is 0 Å². The first-order valence-corrected chi connectivity index (χ1v) is 5.78. The summed E-state index contributed by atoms with van der Waals surface area (Å²) in [6.07, 6.45) is 0.834. The number of ether oxygens (including phenoxy) is 2. The molecule has 0 bridgehead atoms. The molecule has 2 amide bonds. The van der Waals surface area contributed by atoms with E-state index >= 15 is 0 Å². The van der Waals surface area contributed by atoms with Crippen LogP contribution < -0.4 is 21.1 Å². The number of amides is 2. The monoisotopic (exact) mass is 251 g/mol. The van der Waals surface area contributed by atoms with E-state index in [1.54, 1.807) is 25.3 Å². The number of nitrogen functional groups attached to an aromatic ring is 1. The van der Waals surface area contributed by atoms with E-state index in [4.69, 9.17) is 15.2 Å². The van der Waals surface area contributed by atoms with Gasteiger partial charge < -0.3 is 25.8 Å². The van der Waals surface area contributed by atoms with E-state index in [0.717, 1.165) is 6.42 Å². The number of carbonyl (C=O) groups excluding carboxylic acids is 1. The van der Waals surface area contributed by atoms with E-state index < -0.39 is 0 Å². The fourth-order valence-electron chi connectivity index (χ4n) is 1.76. The third kappa shape index (κ3) is 3.04. The van der Waals surface area contributed by atoms with E-state index in [9.17, 15) is 4.79 Å². The highest BCUT2D eigenvalue weighted by Gasteiger charge is 2.18. The van der Waals surface area contributed by atoms with Gasteiger partial charge in [-0.05, 0) is 18.6 Å². The molecule has 0 aromatic heterocycles. The van der Waals surface area contributed by atoms with Crippen molar-refractivity contribution in [3.8, 4) is 5.75 Å². The average Bonchev–Trinajstić information content (AvgIpc) is 2.84. The normalized spacial score (nSPS) is 18.4. The maximum Gasteiger partial charge on any atom is 0.319 e. The molecule has 6 nitrogen and oxygen atoms in total. The SMILES string of the molecule is COc1ccc(N)c(NC(=O)NC2CCOC2)c1. The Labute approximate surface area is 105 Å². The van der Waals surface area contributed by atoms with E-state index in [1.807, 2.05) is 0 Å². The summed E-state index contributed by atoms with van der Waals surface area (Å²) in [5.74, 6) is 0.642. The molecule has 1 saturated heterocycles. The van der Waals surface area contributed by atoms with Crippen LogP contribution in [0.1, 0.15) is 6.42 Å². The van der Waals surface area contributed by atoms with Crippen molar-refractivity contribution in [1.29, 1.82) is 0 Å².